The van der Waals surface area contributed by atoms with Gasteiger partial charge in [-0.05, 0) is 37.5 Å². The highest BCUT2D eigenvalue weighted by Crippen LogP contribution is 2.43. The summed E-state index contributed by atoms with van der Waals surface area (Å²) >= 11 is 0. The van der Waals surface area contributed by atoms with Crippen LogP contribution in [0.5, 0.6) is 0 Å². The van der Waals surface area contributed by atoms with E-state index in [-0.39, 0.29) is 23.4 Å². The number of carbonyl (C=O) groups excluding carboxylic acids is 1. The molecule has 20 heavy (non-hydrogen) atoms. The summed E-state index contributed by atoms with van der Waals surface area (Å²) < 4.78 is 28.2. The highest BCUT2D eigenvalue weighted by molar-refractivity contribution is 7.91. The quantitative estimate of drug-likeness (QED) is 0.734. The summed E-state index contributed by atoms with van der Waals surface area (Å²) in [4.78, 5) is 12.2. The molecule has 114 valence electrons. The maximum atomic E-state index is 12.2. The van der Waals surface area contributed by atoms with Crippen molar-refractivity contribution in [1.82, 2.24) is 0 Å². The van der Waals surface area contributed by atoms with Crippen molar-refractivity contribution in [1.29, 1.82) is 0 Å². The van der Waals surface area contributed by atoms with Gasteiger partial charge in [-0.3, -0.25) is 4.79 Å². The Morgan fingerprint density at radius 3 is 2.40 bits per heavy atom. The van der Waals surface area contributed by atoms with Gasteiger partial charge in [0.05, 0.1) is 17.4 Å². The Bertz CT molecular complexity index is 470. The number of carbonyl (C=O) groups is 1. The predicted molar refractivity (Wildman–Crippen MR) is 75.9 cm³/mol. The molecule has 1 aliphatic heterocycles. The molecule has 1 heterocycles. The molecule has 0 aromatic heterocycles. The number of rotatable bonds is 2. The van der Waals surface area contributed by atoms with E-state index in [0.717, 1.165) is 25.2 Å². The molecule has 4 nitrogen and oxygen atoms in total. The van der Waals surface area contributed by atoms with Gasteiger partial charge >= 0.3 is 5.97 Å². The average Bonchev–Trinajstić information content (AvgIpc) is 2.77. The van der Waals surface area contributed by atoms with Gasteiger partial charge in [-0.25, -0.2) is 8.42 Å². The van der Waals surface area contributed by atoms with Crippen molar-refractivity contribution in [2.45, 2.75) is 57.5 Å². The van der Waals surface area contributed by atoms with Crippen LogP contribution in [0.1, 0.15) is 51.4 Å². The smallest absolute Gasteiger partial charge is 0.309 e. The second kappa shape index (κ2) is 5.66. The third-order valence-electron chi connectivity index (χ3n) is 5.35. The molecule has 2 saturated carbocycles. The molecule has 1 saturated heterocycles. The van der Waals surface area contributed by atoms with Crippen LogP contribution in [0.2, 0.25) is 0 Å². The molecular formula is C15H24O4S. The van der Waals surface area contributed by atoms with Gasteiger partial charge in [0.1, 0.15) is 6.10 Å². The van der Waals surface area contributed by atoms with Gasteiger partial charge in [-0.2, -0.15) is 0 Å². The van der Waals surface area contributed by atoms with Crippen LogP contribution in [-0.2, 0) is 19.4 Å². The summed E-state index contributed by atoms with van der Waals surface area (Å²) in [5.74, 6) is 1.58. The Kier molecular flexibility index (Phi) is 4.07. The molecule has 3 fully saturated rings. The fourth-order valence-electron chi connectivity index (χ4n) is 4.20. The van der Waals surface area contributed by atoms with E-state index in [1.807, 2.05) is 0 Å². The van der Waals surface area contributed by atoms with Crippen molar-refractivity contribution >= 4 is 15.8 Å². The van der Waals surface area contributed by atoms with E-state index in [2.05, 4.69) is 0 Å². The fourth-order valence-corrected chi connectivity index (χ4v) is 5.79. The lowest BCUT2D eigenvalue weighted by Crippen LogP contribution is -2.33. The molecule has 0 spiro atoms. The van der Waals surface area contributed by atoms with E-state index < -0.39 is 15.9 Å². The summed E-state index contributed by atoms with van der Waals surface area (Å²) in [5.41, 5.74) is 0. The first-order valence-electron chi connectivity index (χ1n) is 7.94. The summed E-state index contributed by atoms with van der Waals surface area (Å²) in [6.45, 7) is 0. The number of esters is 1. The van der Waals surface area contributed by atoms with Gasteiger partial charge in [0, 0.05) is 0 Å². The van der Waals surface area contributed by atoms with Crippen molar-refractivity contribution in [3.8, 4) is 0 Å². The second-order valence-electron chi connectivity index (χ2n) is 6.78. The van der Waals surface area contributed by atoms with Crippen molar-refractivity contribution in [3.63, 3.8) is 0 Å². The van der Waals surface area contributed by atoms with Gasteiger partial charge in [0.15, 0.2) is 9.84 Å². The molecule has 0 aromatic rings. The van der Waals surface area contributed by atoms with Crippen LogP contribution in [0.15, 0.2) is 0 Å². The molecule has 0 aromatic carbocycles. The average molecular weight is 300 g/mol. The second-order valence-corrected chi connectivity index (χ2v) is 9.01. The van der Waals surface area contributed by atoms with Gasteiger partial charge in [-0.1, -0.05) is 25.7 Å². The monoisotopic (exact) mass is 300 g/mol. The Balaban J connectivity index is 1.53. The molecule has 0 radical (unpaired) electrons. The van der Waals surface area contributed by atoms with Gasteiger partial charge in [0.2, 0.25) is 0 Å². The summed E-state index contributed by atoms with van der Waals surface area (Å²) in [6, 6.07) is 0. The minimum Gasteiger partial charge on any atom is -0.461 e. The van der Waals surface area contributed by atoms with E-state index >= 15 is 0 Å². The van der Waals surface area contributed by atoms with E-state index in [1.54, 1.807) is 0 Å². The lowest BCUT2D eigenvalue weighted by Gasteiger charge is -2.38. The maximum Gasteiger partial charge on any atom is 0.309 e. The first-order valence-corrected chi connectivity index (χ1v) is 9.76. The molecule has 4 atom stereocenters. The Morgan fingerprint density at radius 2 is 1.70 bits per heavy atom. The zero-order valence-electron chi connectivity index (χ0n) is 11.9. The molecule has 3 aliphatic rings. The third kappa shape index (κ3) is 3.18. The van der Waals surface area contributed by atoms with E-state index in [9.17, 15) is 13.2 Å². The summed E-state index contributed by atoms with van der Waals surface area (Å²) in [5, 5.41) is 0. The predicted octanol–water partition coefficient (Wildman–Crippen LogP) is 2.32. The van der Waals surface area contributed by atoms with Crippen LogP contribution in [-0.4, -0.2) is 32.0 Å². The number of hydrogen-bond donors (Lipinski definition) is 0. The lowest BCUT2D eigenvalue weighted by atomic mass is 9.67. The largest absolute Gasteiger partial charge is 0.461 e. The molecule has 0 amide bonds. The number of fused-ring (bicyclic) bond motifs is 1. The number of sulfone groups is 1. The molecule has 0 unspecified atom stereocenters. The number of hydrogen-bond acceptors (Lipinski definition) is 4. The Morgan fingerprint density at radius 1 is 0.950 bits per heavy atom. The number of ether oxygens (including phenoxy) is 1. The van der Waals surface area contributed by atoms with Crippen LogP contribution < -0.4 is 0 Å². The topological polar surface area (TPSA) is 60.4 Å². The molecule has 3 rings (SSSR count). The van der Waals surface area contributed by atoms with Crippen LogP contribution in [0.4, 0.5) is 0 Å². The molecule has 0 N–H and O–H groups in total. The molecule has 2 aliphatic carbocycles. The first kappa shape index (κ1) is 14.4. The van der Waals surface area contributed by atoms with Crippen LogP contribution in [0.3, 0.4) is 0 Å². The lowest BCUT2D eigenvalue weighted by molar-refractivity contribution is -0.155. The van der Waals surface area contributed by atoms with E-state index in [0.29, 0.717) is 12.3 Å². The normalized spacial score (nSPS) is 40.0. The van der Waals surface area contributed by atoms with Gasteiger partial charge < -0.3 is 4.74 Å². The third-order valence-corrected chi connectivity index (χ3v) is 7.08. The SMILES string of the molecule is O=C(O[C@@H]1CCS(=O)(=O)C1)[C@@H]1CC[C@H]2CCCC[C@@H]2C1. The van der Waals surface area contributed by atoms with Gasteiger partial charge in [0.25, 0.3) is 0 Å². The van der Waals surface area contributed by atoms with Crippen LogP contribution >= 0.6 is 0 Å². The zero-order chi connectivity index (χ0) is 14.2. The summed E-state index contributed by atoms with van der Waals surface area (Å²) in [7, 11) is -2.97. The standard InChI is InChI=1S/C15H24O4S/c16-15(19-14-7-8-20(17,18)10-14)13-6-5-11-3-1-2-4-12(11)9-13/h11-14H,1-10H2/t11-,12-,13-,14-/m1/s1. The zero-order valence-corrected chi connectivity index (χ0v) is 12.7. The fraction of sp³-hybridized carbons (Fsp3) is 0.933. The highest BCUT2D eigenvalue weighted by Gasteiger charge is 2.38. The first-order chi connectivity index (χ1) is 9.53. The minimum atomic E-state index is -2.97. The minimum absolute atomic E-state index is 0.0117. The Hall–Kier alpha value is -0.580. The van der Waals surface area contributed by atoms with E-state index in [1.165, 1.54) is 25.7 Å². The van der Waals surface area contributed by atoms with Crippen LogP contribution in [0, 0.1) is 17.8 Å². The van der Waals surface area contributed by atoms with Crippen molar-refractivity contribution < 1.29 is 17.9 Å². The Labute approximate surface area is 121 Å². The van der Waals surface area contributed by atoms with Crippen molar-refractivity contribution in [2.75, 3.05) is 11.5 Å². The molecule has 0 bridgehead atoms. The van der Waals surface area contributed by atoms with Crippen molar-refractivity contribution in [2.24, 2.45) is 17.8 Å². The van der Waals surface area contributed by atoms with E-state index in [4.69, 9.17) is 4.74 Å². The maximum absolute atomic E-state index is 12.2. The molecular weight excluding hydrogens is 276 g/mol. The van der Waals surface area contributed by atoms with Crippen LogP contribution in [0.25, 0.3) is 0 Å². The van der Waals surface area contributed by atoms with Crippen molar-refractivity contribution in [3.05, 3.63) is 0 Å². The van der Waals surface area contributed by atoms with Gasteiger partial charge in [-0.15, -0.1) is 0 Å². The highest BCUT2D eigenvalue weighted by atomic mass is 32.2. The molecule has 5 heteroatoms. The summed E-state index contributed by atoms with van der Waals surface area (Å²) in [6.07, 6.45) is 8.35.